The number of carboxylic acid groups (broad SMARTS) is 1. The zero-order valence-electron chi connectivity index (χ0n) is 8.25. The Bertz CT molecular complexity index is 327. The molecule has 0 bridgehead atoms. The van der Waals surface area contributed by atoms with Gasteiger partial charge in [-0.3, -0.25) is 4.79 Å². The van der Waals surface area contributed by atoms with Gasteiger partial charge < -0.3 is 5.11 Å². The maximum absolute atomic E-state index is 10.5. The molecule has 1 rings (SSSR count). The van der Waals surface area contributed by atoms with Crippen molar-refractivity contribution in [3.63, 3.8) is 0 Å². The lowest BCUT2D eigenvalue weighted by Crippen LogP contribution is -2.16. The number of carboxylic acids is 1. The van der Waals surface area contributed by atoms with Crippen molar-refractivity contribution in [2.45, 2.75) is 25.6 Å². The van der Waals surface area contributed by atoms with Crippen molar-refractivity contribution in [1.82, 2.24) is 0 Å². The number of rotatable bonds is 3. The Labute approximate surface area is 88.5 Å². The summed E-state index contributed by atoms with van der Waals surface area (Å²) in [5.74, 6) is -0.967. The fourth-order valence-electron chi connectivity index (χ4n) is 1.48. The lowest BCUT2D eigenvalue weighted by atomic mass is 10.0. The molecule has 0 aliphatic heterocycles. The van der Waals surface area contributed by atoms with E-state index in [0.717, 1.165) is 16.7 Å². The molecule has 1 aromatic rings. The van der Waals surface area contributed by atoms with Crippen LogP contribution in [0.15, 0.2) is 18.2 Å². The molecule has 1 unspecified atom stereocenters. The van der Waals surface area contributed by atoms with Crippen LogP contribution in [0.1, 0.15) is 16.7 Å². The van der Waals surface area contributed by atoms with Gasteiger partial charge in [0.05, 0.1) is 0 Å². The first-order chi connectivity index (χ1) is 6.49. The third kappa shape index (κ3) is 3.04. The molecule has 0 fully saturated rings. The van der Waals surface area contributed by atoms with E-state index in [1.54, 1.807) is 0 Å². The third-order valence-electron chi connectivity index (χ3n) is 1.96. The number of alkyl halides is 1. The monoisotopic (exact) mass is 212 g/mol. The second-order valence-corrected chi connectivity index (χ2v) is 4.03. The molecular formula is C11H13ClO2. The Kier molecular flexibility index (Phi) is 3.53. The van der Waals surface area contributed by atoms with E-state index in [1.165, 1.54) is 0 Å². The summed E-state index contributed by atoms with van der Waals surface area (Å²) in [4.78, 5) is 10.5. The highest BCUT2D eigenvalue weighted by Crippen LogP contribution is 2.13. The summed E-state index contributed by atoms with van der Waals surface area (Å²) in [5.41, 5.74) is 3.24. The first-order valence-electron chi connectivity index (χ1n) is 4.43. The highest BCUT2D eigenvalue weighted by atomic mass is 35.5. The predicted molar refractivity (Wildman–Crippen MR) is 56.9 cm³/mol. The van der Waals surface area contributed by atoms with Crippen LogP contribution >= 0.6 is 11.6 Å². The molecule has 0 saturated carbocycles. The van der Waals surface area contributed by atoms with Crippen molar-refractivity contribution >= 4 is 17.6 Å². The summed E-state index contributed by atoms with van der Waals surface area (Å²) in [7, 11) is 0. The average molecular weight is 213 g/mol. The summed E-state index contributed by atoms with van der Waals surface area (Å²) in [5, 5.41) is 7.81. The van der Waals surface area contributed by atoms with E-state index in [-0.39, 0.29) is 0 Å². The molecule has 2 nitrogen and oxygen atoms in total. The zero-order valence-corrected chi connectivity index (χ0v) is 9.01. The molecular weight excluding hydrogens is 200 g/mol. The van der Waals surface area contributed by atoms with E-state index in [2.05, 4.69) is 0 Å². The largest absolute Gasteiger partial charge is 0.480 e. The molecule has 0 aliphatic rings. The van der Waals surface area contributed by atoms with Crippen LogP contribution in [0.3, 0.4) is 0 Å². The molecule has 1 N–H and O–H groups in total. The first kappa shape index (κ1) is 11.1. The van der Waals surface area contributed by atoms with Crippen molar-refractivity contribution in [3.05, 3.63) is 34.9 Å². The smallest absolute Gasteiger partial charge is 0.321 e. The van der Waals surface area contributed by atoms with Gasteiger partial charge in [0.25, 0.3) is 0 Å². The van der Waals surface area contributed by atoms with Gasteiger partial charge in [0.15, 0.2) is 0 Å². The Hall–Kier alpha value is -1.02. The summed E-state index contributed by atoms with van der Waals surface area (Å²) in [6, 6.07) is 5.98. The van der Waals surface area contributed by atoms with E-state index in [4.69, 9.17) is 16.7 Å². The molecule has 0 aromatic heterocycles. The van der Waals surface area contributed by atoms with E-state index in [9.17, 15) is 4.79 Å². The Morgan fingerprint density at radius 1 is 1.36 bits per heavy atom. The van der Waals surface area contributed by atoms with Gasteiger partial charge in [0.1, 0.15) is 5.38 Å². The molecule has 1 atom stereocenters. The lowest BCUT2D eigenvalue weighted by Gasteiger charge is -2.06. The molecule has 3 heteroatoms. The van der Waals surface area contributed by atoms with Crippen molar-refractivity contribution in [2.75, 3.05) is 0 Å². The van der Waals surface area contributed by atoms with Crippen LogP contribution in [0.5, 0.6) is 0 Å². The number of hydrogen-bond acceptors (Lipinski definition) is 1. The zero-order chi connectivity index (χ0) is 10.7. The van der Waals surface area contributed by atoms with E-state index in [1.807, 2.05) is 32.0 Å². The van der Waals surface area contributed by atoms with Crippen molar-refractivity contribution in [2.24, 2.45) is 0 Å². The summed E-state index contributed by atoms with van der Waals surface area (Å²) < 4.78 is 0. The summed E-state index contributed by atoms with van der Waals surface area (Å²) in [6.45, 7) is 3.97. The Morgan fingerprint density at radius 2 is 1.86 bits per heavy atom. The molecule has 0 radical (unpaired) electrons. The highest BCUT2D eigenvalue weighted by Gasteiger charge is 2.14. The number of hydrogen-bond donors (Lipinski definition) is 1. The number of halogens is 1. The molecule has 0 saturated heterocycles. The molecule has 0 aliphatic carbocycles. The van der Waals surface area contributed by atoms with Gasteiger partial charge in [0, 0.05) is 0 Å². The van der Waals surface area contributed by atoms with Gasteiger partial charge in [-0.15, -0.1) is 11.6 Å². The fraction of sp³-hybridized carbons (Fsp3) is 0.364. The molecule has 0 spiro atoms. The Balaban J connectivity index is 2.81. The topological polar surface area (TPSA) is 37.3 Å². The number of aryl methyl sites for hydroxylation is 2. The summed E-state index contributed by atoms with van der Waals surface area (Å²) >= 11 is 5.66. The molecule has 14 heavy (non-hydrogen) atoms. The van der Waals surface area contributed by atoms with Gasteiger partial charge in [0.2, 0.25) is 0 Å². The van der Waals surface area contributed by atoms with E-state index < -0.39 is 11.3 Å². The SMILES string of the molecule is Cc1cc(C)cc(CC(Cl)C(=O)O)c1. The lowest BCUT2D eigenvalue weighted by molar-refractivity contribution is -0.136. The van der Waals surface area contributed by atoms with E-state index >= 15 is 0 Å². The number of carbonyl (C=O) groups is 1. The van der Waals surface area contributed by atoms with Crippen LogP contribution < -0.4 is 0 Å². The number of benzene rings is 1. The molecule has 76 valence electrons. The predicted octanol–water partition coefficient (Wildman–Crippen LogP) is 2.54. The second-order valence-electron chi connectivity index (χ2n) is 3.51. The molecule has 0 heterocycles. The molecule has 0 amide bonds. The minimum Gasteiger partial charge on any atom is -0.480 e. The second kappa shape index (κ2) is 4.47. The van der Waals surface area contributed by atoms with Gasteiger partial charge >= 0.3 is 5.97 Å². The first-order valence-corrected chi connectivity index (χ1v) is 4.86. The fourth-order valence-corrected chi connectivity index (χ4v) is 1.66. The maximum Gasteiger partial charge on any atom is 0.321 e. The standard InChI is InChI=1S/C11H13ClO2/c1-7-3-8(2)5-9(4-7)6-10(12)11(13)14/h3-5,10H,6H2,1-2H3,(H,13,14). The van der Waals surface area contributed by atoms with Crippen LogP contribution in [0.25, 0.3) is 0 Å². The van der Waals surface area contributed by atoms with Crippen LogP contribution in [-0.4, -0.2) is 16.5 Å². The van der Waals surface area contributed by atoms with Crippen molar-refractivity contribution in [3.8, 4) is 0 Å². The van der Waals surface area contributed by atoms with Crippen LogP contribution in [-0.2, 0) is 11.2 Å². The van der Waals surface area contributed by atoms with Gasteiger partial charge in [-0.2, -0.15) is 0 Å². The van der Waals surface area contributed by atoms with Gasteiger partial charge in [-0.25, -0.2) is 0 Å². The van der Waals surface area contributed by atoms with Crippen LogP contribution in [0, 0.1) is 13.8 Å². The molecule has 1 aromatic carbocycles. The van der Waals surface area contributed by atoms with Crippen LogP contribution in [0.2, 0.25) is 0 Å². The number of aliphatic carboxylic acids is 1. The minimum atomic E-state index is -0.967. The van der Waals surface area contributed by atoms with Gasteiger partial charge in [-0.05, 0) is 25.8 Å². The maximum atomic E-state index is 10.5. The Morgan fingerprint density at radius 3 is 2.29 bits per heavy atom. The van der Waals surface area contributed by atoms with E-state index in [0.29, 0.717) is 6.42 Å². The summed E-state index contributed by atoms with van der Waals surface area (Å²) in [6.07, 6.45) is 0.374. The van der Waals surface area contributed by atoms with Gasteiger partial charge in [-0.1, -0.05) is 29.3 Å². The highest BCUT2D eigenvalue weighted by molar-refractivity contribution is 6.29. The van der Waals surface area contributed by atoms with Crippen molar-refractivity contribution in [1.29, 1.82) is 0 Å². The third-order valence-corrected chi connectivity index (χ3v) is 2.31. The minimum absolute atomic E-state index is 0.374. The van der Waals surface area contributed by atoms with Crippen LogP contribution in [0.4, 0.5) is 0 Å². The quantitative estimate of drug-likeness (QED) is 0.782. The van der Waals surface area contributed by atoms with Crippen molar-refractivity contribution < 1.29 is 9.90 Å². The normalized spacial score (nSPS) is 12.5. The average Bonchev–Trinajstić information content (AvgIpc) is 2.01.